The van der Waals surface area contributed by atoms with Crippen LogP contribution < -0.4 is 11.1 Å². The molecule has 5 nitrogen and oxygen atoms in total. The minimum Gasteiger partial charge on any atom is -0.398 e. The fraction of sp³-hybridized carbons (Fsp3) is 0.111. The number of aromatic nitrogens is 2. The average Bonchev–Trinajstić information content (AvgIpc) is 3.09. The van der Waals surface area contributed by atoms with Gasteiger partial charge in [-0.1, -0.05) is 29.8 Å². The Morgan fingerprint density at radius 2 is 1.96 bits per heavy atom. The van der Waals surface area contributed by atoms with Gasteiger partial charge in [-0.2, -0.15) is 13.2 Å². The van der Waals surface area contributed by atoms with Crippen molar-refractivity contribution in [3.8, 4) is 5.82 Å². The molecule has 0 saturated heterocycles. The van der Waals surface area contributed by atoms with Gasteiger partial charge in [0.05, 0.1) is 10.6 Å². The maximum absolute atomic E-state index is 12.8. The summed E-state index contributed by atoms with van der Waals surface area (Å²) < 4.78 is 39.6. The molecule has 0 radical (unpaired) electrons. The van der Waals surface area contributed by atoms with Gasteiger partial charge >= 0.3 is 6.18 Å². The number of pyridine rings is 1. The summed E-state index contributed by atoms with van der Waals surface area (Å²) in [5.41, 5.74) is 6.34. The number of para-hydroxylation sites is 1. The lowest BCUT2D eigenvalue weighted by Crippen LogP contribution is -2.25. The van der Waals surface area contributed by atoms with Crippen molar-refractivity contribution in [3.63, 3.8) is 0 Å². The van der Waals surface area contributed by atoms with Crippen LogP contribution in [0.4, 0.5) is 18.9 Å². The highest BCUT2D eigenvalue weighted by Gasteiger charge is 2.32. The van der Waals surface area contributed by atoms with Crippen molar-refractivity contribution in [1.82, 2.24) is 14.9 Å². The first-order chi connectivity index (χ1) is 12.8. The van der Waals surface area contributed by atoms with E-state index in [0.29, 0.717) is 11.9 Å². The number of nitrogens with zero attached hydrogens (tertiary/aromatic N) is 2. The zero-order valence-electron chi connectivity index (χ0n) is 13.8. The maximum atomic E-state index is 12.8. The summed E-state index contributed by atoms with van der Waals surface area (Å²) in [6.45, 7) is 0.199. The van der Waals surface area contributed by atoms with Gasteiger partial charge in [0, 0.05) is 24.6 Å². The van der Waals surface area contributed by atoms with Crippen molar-refractivity contribution < 1.29 is 18.0 Å². The molecule has 3 aromatic rings. The summed E-state index contributed by atoms with van der Waals surface area (Å²) in [6.07, 6.45) is -2.39. The van der Waals surface area contributed by atoms with Gasteiger partial charge in [0.25, 0.3) is 5.91 Å². The molecule has 0 aliphatic carbocycles. The number of rotatable bonds is 4. The van der Waals surface area contributed by atoms with Crippen LogP contribution in [0.2, 0.25) is 5.02 Å². The second-order valence-electron chi connectivity index (χ2n) is 5.67. The number of alkyl halides is 3. The molecule has 0 fully saturated rings. The number of anilines is 1. The zero-order valence-corrected chi connectivity index (χ0v) is 14.6. The topological polar surface area (TPSA) is 72.9 Å². The van der Waals surface area contributed by atoms with Crippen LogP contribution in [0.5, 0.6) is 0 Å². The van der Waals surface area contributed by atoms with E-state index in [1.54, 1.807) is 30.3 Å². The average molecular weight is 395 g/mol. The highest BCUT2D eigenvalue weighted by Crippen LogP contribution is 2.32. The van der Waals surface area contributed by atoms with E-state index in [-0.39, 0.29) is 23.1 Å². The monoisotopic (exact) mass is 394 g/mol. The van der Waals surface area contributed by atoms with Crippen LogP contribution in [0.25, 0.3) is 5.82 Å². The van der Waals surface area contributed by atoms with Crippen molar-refractivity contribution in [1.29, 1.82) is 0 Å². The third kappa shape index (κ3) is 4.06. The lowest BCUT2D eigenvalue weighted by Gasteiger charge is -2.13. The number of amides is 1. The summed E-state index contributed by atoms with van der Waals surface area (Å²) in [5, 5.41) is 2.50. The van der Waals surface area contributed by atoms with Crippen molar-refractivity contribution in [2.24, 2.45) is 0 Å². The van der Waals surface area contributed by atoms with Crippen molar-refractivity contribution in [3.05, 3.63) is 76.7 Å². The molecule has 9 heteroatoms. The summed E-state index contributed by atoms with van der Waals surface area (Å²) in [6, 6.07) is 10.9. The number of benzene rings is 1. The first kappa shape index (κ1) is 18.8. The van der Waals surface area contributed by atoms with Crippen molar-refractivity contribution in [2.45, 2.75) is 12.7 Å². The predicted octanol–water partition coefficient (Wildman–Crippen LogP) is 4.06. The SMILES string of the molecule is Nc1ccccc1CNC(=O)c1cccn1-c1ncc(C(F)(F)F)cc1Cl. The molecule has 0 unspecified atom stereocenters. The van der Waals surface area contributed by atoms with Crippen LogP contribution in [0.3, 0.4) is 0 Å². The number of hydrogen-bond donors (Lipinski definition) is 2. The van der Waals surface area contributed by atoms with E-state index in [9.17, 15) is 18.0 Å². The summed E-state index contributed by atoms with van der Waals surface area (Å²) in [4.78, 5) is 16.3. The second kappa shape index (κ2) is 7.32. The number of hydrogen-bond acceptors (Lipinski definition) is 3. The molecule has 3 N–H and O–H groups in total. The largest absolute Gasteiger partial charge is 0.417 e. The predicted molar refractivity (Wildman–Crippen MR) is 95.6 cm³/mol. The van der Waals surface area contributed by atoms with Crippen LogP contribution in [0, 0.1) is 0 Å². The molecule has 0 spiro atoms. The van der Waals surface area contributed by atoms with Gasteiger partial charge in [0.2, 0.25) is 0 Å². The molecule has 2 heterocycles. The fourth-order valence-electron chi connectivity index (χ4n) is 2.47. The number of halogens is 4. The first-order valence-electron chi connectivity index (χ1n) is 7.79. The van der Waals surface area contributed by atoms with Crippen molar-refractivity contribution in [2.75, 3.05) is 5.73 Å². The molecule has 0 aliphatic rings. The molecular formula is C18H14ClF3N4O. The van der Waals surface area contributed by atoms with E-state index in [1.165, 1.54) is 16.8 Å². The smallest absolute Gasteiger partial charge is 0.398 e. The summed E-state index contributed by atoms with van der Waals surface area (Å²) in [5.74, 6) is -0.417. The molecule has 0 aliphatic heterocycles. The van der Waals surface area contributed by atoms with Crippen LogP contribution in [0.1, 0.15) is 21.6 Å². The minimum absolute atomic E-state index is 0.0269. The number of nitrogens with one attached hydrogen (secondary N) is 1. The Morgan fingerprint density at radius 3 is 2.63 bits per heavy atom. The van der Waals surface area contributed by atoms with E-state index in [4.69, 9.17) is 17.3 Å². The van der Waals surface area contributed by atoms with Crippen LogP contribution in [-0.2, 0) is 12.7 Å². The van der Waals surface area contributed by atoms with Gasteiger partial charge in [-0.3, -0.25) is 9.36 Å². The molecule has 2 aromatic heterocycles. The van der Waals surface area contributed by atoms with Crippen LogP contribution >= 0.6 is 11.6 Å². The lowest BCUT2D eigenvalue weighted by molar-refractivity contribution is -0.137. The van der Waals surface area contributed by atoms with E-state index in [0.717, 1.165) is 11.6 Å². The molecular weight excluding hydrogens is 381 g/mol. The standard InChI is InChI=1S/C18H14ClF3N4O/c19-13-8-12(18(20,21)22)10-24-16(13)26-7-3-6-15(26)17(27)25-9-11-4-1-2-5-14(11)23/h1-8,10H,9,23H2,(H,25,27). The van der Waals surface area contributed by atoms with Crippen LogP contribution in [-0.4, -0.2) is 15.5 Å². The number of carbonyl (C=O) groups excluding carboxylic acids is 1. The Hall–Kier alpha value is -3.00. The van der Waals surface area contributed by atoms with Gasteiger partial charge < -0.3 is 11.1 Å². The fourth-order valence-corrected chi connectivity index (χ4v) is 2.73. The Kier molecular flexibility index (Phi) is 5.09. The quantitative estimate of drug-likeness (QED) is 0.655. The Morgan fingerprint density at radius 1 is 1.22 bits per heavy atom. The van der Waals surface area contributed by atoms with Gasteiger partial charge in [-0.15, -0.1) is 0 Å². The third-order valence-corrected chi connectivity index (χ3v) is 4.13. The van der Waals surface area contributed by atoms with Gasteiger partial charge in [0.15, 0.2) is 5.82 Å². The summed E-state index contributed by atoms with van der Waals surface area (Å²) in [7, 11) is 0. The maximum Gasteiger partial charge on any atom is 0.417 e. The Labute approximate surface area is 157 Å². The van der Waals surface area contributed by atoms with E-state index in [1.807, 2.05) is 0 Å². The number of nitrogen functional groups attached to an aromatic ring is 1. The number of carbonyl (C=O) groups is 1. The molecule has 0 atom stereocenters. The van der Waals surface area contributed by atoms with E-state index >= 15 is 0 Å². The molecule has 0 saturated carbocycles. The highest BCUT2D eigenvalue weighted by atomic mass is 35.5. The summed E-state index contributed by atoms with van der Waals surface area (Å²) >= 11 is 5.97. The molecule has 3 rings (SSSR count). The molecule has 0 bridgehead atoms. The molecule has 27 heavy (non-hydrogen) atoms. The molecule has 1 amide bonds. The molecule has 140 valence electrons. The van der Waals surface area contributed by atoms with Gasteiger partial charge in [-0.25, -0.2) is 4.98 Å². The molecule has 1 aromatic carbocycles. The minimum atomic E-state index is -4.55. The lowest BCUT2D eigenvalue weighted by atomic mass is 10.2. The number of nitrogens with two attached hydrogens (primary N) is 1. The second-order valence-corrected chi connectivity index (χ2v) is 6.08. The third-order valence-electron chi connectivity index (χ3n) is 3.85. The first-order valence-corrected chi connectivity index (χ1v) is 8.17. The van der Waals surface area contributed by atoms with Gasteiger partial charge in [0.1, 0.15) is 5.69 Å². The van der Waals surface area contributed by atoms with Crippen LogP contribution in [0.15, 0.2) is 54.9 Å². The van der Waals surface area contributed by atoms with E-state index in [2.05, 4.69) is 10.3 Å². The van der Waals surface area contributed by atoms with Gasteiger partial charge in [-0.05, 0) is 29.8 Å². The highest BCUT2D eigenvalue weighted by molar-refractivity contribution is 6.32. The zero-order chi connectivity index (χ0) is 19.6. The Balaban J connectivity index is 1.84. The van der Waals surface area contributed by atoms with Crippen molar-refractivity contribution >= 4 is 23.2 Å². The normalized spacial score (nSPS) is 11.4. The Bertz CT molecular complexity index is 985. The van der Waals surface area contributed by atoms with E-state index < -0.39 is 17.6 Å².